The first kappa shape index (κ1) is 22.1. The van der Waals surface area contributed by atoms with E-state index < -0.39 is 17.5 Å². The Morgan fingerprint density at radius 1 is 1.19 bits per heavy atom. The number of carbonyl (C=O) groups excluding carboxylic acids is 3. The van der Waals surface area contributed by atoms with E-state index in [0.717, 1.165) is 34.4 Å². The van der Waals surface area contributed by atoms with Crippen LogP contribution in [0.1, 0.15) is 36.5 Å². The summed E-state index contributed by atoms with van der Waals surface area (Å²) in [6, 6.07) is 14.6. The van der Waals surface area contributed by atoms with Crippen molar-refractivity contribution in [3.05, 3.63) is 71.3 Å². The molecule has 2 aromatic carbocycles. The molecule has 2 aliphatic carbocycles. The Labute approximate surface area is 207 Å². The molecule has 3 aromatic rings. The molecule has 1 unspecified atom stereocenters. The zero-order chi connectivity index (χ0) is 24.9. The normalized spacial score (nSPS) is 21.1. The number of nitrogens with one attached hydrogen (secondary N) is 2. The number of carbonyl (C=O) groups is 3. The maximum absolute atomic E-state index is 13.6. The second-order valence-electron chi connectivity index (χ2n) is 9.59. The van der Waals surface area contributed by atoms with Crippen LogP contribution in [0.5, 0.6) is 0 Å². The lowest BCUT2D eigenvalue weighted by Crippen LogP contribution is -2.47. The van der Waals surface area contributed by atoms with E-state index in [1.54, 1.807) is 29.2 Å². The number of imide groups is 1. The highest BCUT2D eigenvalue weighted by molar-refractivity contribution is 6.12. The minimum absolute atomic E-state index is 0.0306. The third-order valence-corrected chi connectivity index (χ3v) is 7.33. The Morgan fingerprint density at radius 2 is 2.00 bits per heavy atom. The van der Waals surface area contributed by atoms with Crippen molar-refractivity contribution >= 4 is 23.9 Å². The van der Waals surface area contributed by atoms with E-state index >= 15 is 0 Å². The number of hydrogen-bond donors (Lipinski definition) is 2. The molecule has 1 aromatic heterocycles. The van der Waals surface area contributed by atoms with Gasteiger partial charge >= 0.3 is 6.03 Å². The standard InChI is InChI=1S/C26H25N7O3/c1-16(18-7-8-18)32(14-17-5-3-2-4-6-17)22(34)15-33-24(35)26(27-25(33)36)12-11-19-13-20(9-10-21(19)26)23-28-30-31-29-23/h2-6,9-13,16,18H,7-8,14-15H2,1H3,(H,27,36)(H,28,29,30,31)/t16-,26?/m0/s1. The summed E-state index contributed by atoms with van der Waals surface area (Å²) in [5.74, 6) is 0.185. The van der Waals surface area contributed by atoms with Gasteiger partial charge in [-0.3, -0.25) is 14.5 Å². The SMILES string of the molecule is C[C@@H](C1CC1)N(Cc1ccccc1)C(=O)CN1C(=O)NC2(C=Cc3cc(-c4nn[nH]n4)ccc32)C1=O. The zero-order valence-corrected chi connectivity index (χ0v) is 19.7. The number of nitrogens with zero attached hydrogens (tertiary/aromatic N) is 5. The lowest BCUT2D eigenvalue weighted by Gasteiger charge is -2.31. The fourth-order valence-corrected chi connectivity index (χ4v) is 5.12. The average Bonchev–Trinajstić information content (AvgIpc) is 3.39. The number of aromatic amines is 1. The monoisotopic (exact) mass is 483 g/mol. The minimum atomic E-state index is -1.32. The van der Waals surface area contributed by atoms with Gasteiger partial charge in [-0.1, -0.05) is 48.5 Å². The molecule has 6 rings (SSSR count). The number of benzene rings is 2. The van der Waals surface area contributed by atoms with E-state index in [-0.39, 0.29) is 18.5 Å². The maximum Gasteiger partial charge on any atom is 0.326 e. The summed E-state index contributed by atoms with van der Waals surface area (Å²) in [7, 11) is 0. The highest BCUT2D eigenvalue weighted by atomic mass is 16.2. The van der Waals surface area contributed by atoms with E-state index in [4.69, 9.17) is 0 Å². The van der Waals surface area contributed by atoms with Crippen LogP contribution in [0.2, 0.25) is 0 Å². The van der Waals surface area contributed by atoms with Crippen LogP contribution >= 0.6 is 0 Å². The van der Waals surface area contributed by atoms with Gasteiger partial charge in [0.2, 0.25) is 11.7 Å². The van der Waals surface area contributed by atoms with E-state index in [1.807, 2.05) is 43.3 Å². The Kier molecular flexibility index (Phi) is 5.17. The molecule has 10 heteroatoms. The van der Waals surface area contributed by atoms with Crippen LogP contribution in [0.3, 0.4) is 0 Å². The third-order valence-electron chi connectivity index (χ3n) is 7.33. The van der Waals surface area contributed by atoms with Crippen molar-refractivity contribution in [3.8, 4) is 11.4 Å². The van der Waals surface area contributed by atoms with Gasteiger partial charge in [-0.15, -0.1) is 10.2 Å². The summed E-state index contributed by atoms with van der Waals surface area (Å²) in [4.78, 5) is 43.0. The molecule has 4 amide bonds. The van der Waals surface area contributed by atoms with Crippen molar-refractivity contribution in [2.24, 2.45) is 5.92 Å². The molecule has 10 nitrogen and oxygen atoms in total. The number of amides is 4. The molecule has 1 saturated carbocycles. The van der Waals surface area contributed by atoms with Crippen molar-refractivity contribution in [2.45, 2.75) is 37.9 Å². The van der Waals surface area contributed by atoms with Crippen molar-refractivity contribution in [3.63, 3.8) is 0 Å². The minimum Gasteiger partial charge on any atom is -0.334 e. The van der Waals surface area contributed by atoms with Gasteiger partial charge in [0.1, 0.15) is 6.54 Å². The van der Waals surface area contributed by atoms with Crippen LogP contribution < -0.4 is 5.32 Å². The molecule has 2 heterocycles. The Hall–Kier alpha value is -4.34. The molecule has 0 radical (unpaired) electrons. The summed E-state index contributed by atoms with van der Waals surface area (Å²) < 4.78 is 0. The summed E-state index contributed by atoms with van der Waals surface area (Å²) in [6.45, 7) is 2.18. The van der Waals surface area contributed by atoms with Crippen LogP contribution in [-0.2, 0) is 21.7 Å². The molecule has 2 atom stereocenters. The van der Waals surface area contributed by atoms with Gasteiger partial charge in [0.05, 0.1) is 0 Å². The van der Waals surface area contributed by atoms with Crippen molar-refractivity contribution in [1.29, 1.82) is 0 Å². The molecule has 182 valence electrons. The quantitative estimate of drug-likeness (QED) is 0.498. The molecule has 0 bridgehead atoms. The predicted molar refractivity (Wildman–Crippen MR) is 130 cm³/mol. The molecule has 1 aliphatic heterocycles. The van der Waals surface area contributed by atoms with Gasteiger partial charge in [0.25, 0.3) is 5.91 Å². The first-order valence-corrected chi connectivity index (χ1v) is 12.0. The van der Waals surface area contributed by atoms with Gasteiger partial charge in [-0.25, -0.2) is 4.79 Å². The maximum atomic E-state index is 13.6. The average molecular weight is 484 g/mol. The number of fused-ring (bicyclic) bond motifs is 2. The lowest BCUT2D eigenvalue weighted by molar-refractivity contribution is -0.140. The summed E-state index contributed by atoms with van der Waals surface area (Å²) in [6.07, 6.45) is 5.63. The van der Waals surface area contributed by atoms with Crippen molar-refractivity contribution < 1.29 is 14.4 Å². The topological polar surface area (TPSA) is 124 Å². The molecular weight excluding hydrogens is 458 g/mol. The highest BCUT2D eigenvalue weighted by Crippen LogP contribution is 2.40. The molecule has 36 heavy (non-hydrogen) atoms. The number of urea groups is 1. The first-order valence-electron chi connectivity index (χ1n) is 12.0. The van der Waals surface area contributed by atoms with E-state index in [9.17, 15) is 14.4 Å². The number of rotatable bonds is 7. The number of tetrazole rings is 1. The van der Waals surface area contributed by atoms with Gasteiger partial charge < -0.3 is 10.2 Å². The number of aromatic nitrogens is 4. The Balaban J connectivity index is 1.24. The summed E-state index contributed by atoms with van der Waals surface area (Å²) in [5, 5.41) is 16.8. The van der Waals surface area contributed by atoms with Crippen LogP contribution in [0, 0.1) is 5.92 Å². The Bertz CT molecular complexity index is 1370. The number of H-pyrrole nitrogens is 1. The highest BCUT2D eigenvalue weighted by Gasteiger charge is 2.54. The van der Waals surface area contributed by atoms with Crippen LogP contribution in [-0.4, -0.2) is 60.9 Å². The molecule has 2 fully saturated rings. The largest absolute Gasteiger partial charge is 0.334 e. The predicted octanol–water partition coefficient (Wildman–Crippen LogP) is 2.47. The zero-order valence-electron chi connectivity index (χ0n) is 19.7. The summed E-state index contributed by atoms with van der Waals surface area (Å²) in [5.41, 5.74) is 1.84. The summed E-state index contributed by atoms with van der Waals surface area (Å²) >= 11 is 0. The molecule has 1 saturated heterocycles. The molecular formula is C26H25N7O3. The lowest BCUT2D eigenvalue weighted by atomic mass is 9.91. The van der Waals surface area contributed by atoms with E-state index in [1.165, 1.54) is 0 Å². The van der Waals surface area contributed by atoms with Gasteiger partial charge in [-0.05, 0) is 59.7 Å². The second-order valence-corrected chi connectivity index (χ2v) is 9.59. The number of hydrogen-bond acceptors (Lipinski definition) is 6. The first-order chi connectivity index (χ1) is 17.5. The van der Waals surface area contributed by atoms with Crippen molar-refractivity contribution in [1.82, 2.24) is 35.7 Å². The molecule has 3 aliphatic rings. The molecule has 2 N–H and O–H groups in total. The van der Waals surface area contributed by atoms with Crippen LogP contribution in [0.4, 0.5) is 4.79 Å². The second kappa shape index (κ2) is 8.40. The third kappa shape index (κ3) is 3.65. The van der Waals surface area contributed by atoms with E-state index in [2.05, 4.69) is 25.9 Å². The van der Waals surface area contributed by atoms with Crippen molar-refractivity contribution in [2.75, 3.05) is 6.54 Å². The smallest absolute Gasteiger partial charge is 0.326 e. The van der Waals surface area contributed by atoms with Crippen LogP contribution in [0.15, 0.2) is 54.6 Å². The fraction of sp³-hybridized carbons (Fsp3) is 0.308. The van der Waals surface area contributed by atoms with E-state index in [0.29, 0.717) is 23.9 Å². The van der Waals surface area contributed by atoms with Gasteiger partial charge in [0, 0.05) is 18.2 Å². The van der Waals surface area contributed by atoms with Gasteiger partial charge in [-0.2, -0.15) is 5.21 Å². The Morgan fingerprint density at radius 3 is 2.72 bits per heavy atom. The fourth-order valence-electron chi connectivity index (χ4n) is 5.12. The molecule has 1 spiro atoms. The van der Waals surface area contributed by atoms with Gasteiger partial charge in [0.15, 0.2) is 5.54 Å². The van der Waals surface area contributed by atoms with Crippen LogP contribution in [0.25, 0.3) is 17.5 Å².